The molecule has 1 unspecified atom stereocenters. The number of aliphatic carboxylic acids is 3. The van der Waals surface area contributed by atoms with E-state index in [1.807, 2.05) is 0 Å². The van der Waals surface area contributed by atoms with Gasteiger partial charge < -0.3 is 20.2 Å². The van der Waals surface area contributed by atoms with Crippen LogP contribution in [0.3, 0.4) is 0 Å². The van der Waals surface area contributed by atoms with Crippen LogP contribution in [0.4, 0.5) is 0 Å². The van der Waals surface area contributed by atoms with Gasteiger partial charge in [0.05, 0.1) is 6.42 Å². The van der Waals surface area contributed by atoms with Crippen LogP contribution in [-0.4, -0.2) is 56.6 Å². The first-order valence-corrected chi connectivity index (χ1v) is 12.9. The lowest BCUT2D eigenvalue weighted by Gasteiger charge is -2.28. The lowest BCUT2D eigenvalue weighted by Crippen LogP contribution is -2.48. The number of hydrogen-bond donors (Lipinski definition) is 3. The minimum atomic E-state index is -1.63. The molecule has 0 spiro atoms. The van der Waals surface area contributed by atoms with Crippen LogP contribution in [-0.2, 0) is 19.2 Å². The van der Waals surface area contributed by atoms with Gasteiger partial charge in [0.25, 0.3) is 5.91 Å². The summed E-state index contributed by atoms with van der Waals surface area (Å²) in [5, 5.41) is 27.4. The fourth-order valence-electron chi connectivity index (χ4n) is 3.99. The Hall–Kier alpha value is -2.38. The van der Waals surface area contributed by atoms with Gasteiger partial charge in [0.15, 0.2) is 0 Å². The van der Waals surface area contributed by atoms with Gasteiger partial charge in [-0.25, -0.2) is 9.59 Å². The first-order chi connectivity index (χ1) is 16.2. The number of carbonyl (C=O) groups is 4. The van der Waals surface area contributed by atoms with Gasteiger partial charge >= 0.3 is 17.9 Å². The highest BCUT2D eigenvalue weighted by Gasteiger charge is 2.34. The molecule has 0 aromatic carbocycles. The van der Waals surface area contributed by atoms with Crippen molar-refractivity contribution in [2.45, 2.75) is 122 Å². The highest BCUT2D eigenvalue weighted by atomic mass is 16.4. The average molecular weight is 484 g/mol. The Morgan fingerprint density at radius 1 is 0.676 bits per heavy atom. The highest BCUT2D eigenvalue weighted by Crippen LogP contribution is 2.16. The third-order valence-corrected chi connectivity index (χ3v) is 6.06. The predicted octanol–water partition coefficient (Wildman–Crippen LogP) is 5.65. The van der Waals surface area contributed by atoms with Crippen LogP contribution in [0.15, 0.2) is 12.2 Å². The number of carboxylic acids is 3. The van der Waals surface area contributed by atoms with Crippen molar-refractivity contribution in [3.63, 3.8) is 0 Å². The molecule has 8 nitrogen and oxygen atoms in total. The van der Waals surface area contributed by atoms with E-state index in [2.05, 4.69) is 13.5 Å². The zero-order chi connectivity index (χ0) is 25.8. The maximum absolute atomic E-state index is 12.4. The van der Waals surface area contributed by atoms with Gasteiger partial charge in [-0.15, -0.1) is 0 Å². The number of unbranched alkanes of at least 4 members (excludes halogenated alkanes) is 15. The number of amides is 1. The monoisotopic (exact) mass is 483 g/mol. The fraction of sp³-hybridized carbons (Fsp3) is 0.769. The Labute approximate surface area is 204 Å². The molecule has 0 saturated carbocycles. The maximum Gasteiger partial charge on any atom is 0.340 e. The fourth-order valence-corrected chi connectivity index (χ4v) is 3.99. The zero-order valence-corrected chi connectivity index (χ0v) is 20.9. The topological polar surface area (TPSA) is 132 Å². The summed E-state index contributed by atoms with van der Waals surface area (Å²) in [6.45, 7) is 5.41. The molecule has 0 radical (unpaired) electrons. The van der Waals surface area contributed by atoms with Gasteiger partial charge in [-0.3, -0.25) is 9.59 Å². The smallest absolute Gasteiger partial charge is 0.340 e. The van der Waals surface area contributed by atoms with Gasteiger partial charge in [-0.05, 0) is 6.42 Å². The third kappa shape index (κ3) is 15.5. The van der Waals surface area contributed by atoms with Crippen molar-refractivity contribution in [1.82, 2.24) is 4.90 Å². The quantitative estimate of drug-likeness (QED) is 0.0740. The second-order valence-electron chi connectivity index (χ2n) is 9.04. The molecule has 196 valence electrons. The summed E-state index contributed by atoms with van der Waals surface area (Å²) in [5.41, 5.74) is -0.770. The molecule has 0 bridgehead atoms. The maximum atomic E-state index is 12.4. The number of carboxylic acid groups (broad SMARTS) is 3. The van der Waals surface area contributed by atoms with Crippen LogP contribution < -0.4 is 0 Å². The molecule has 3 N–H and O–H groups in total. The van der Waals surface area contributed by atoms with Crippen LogP contribution in [0.25, 0.3) is 0 Å². The summed E-state index contributed by atoms with van der Waals surface area (Å²) in [4.78, 5) is 46.8. The second-order valence-corrected chi connectivity index (χ2v) is 9.04. The molecule has 8 heteroatoms. The number of carbonyl (C=O) groups excluding carboxylic acids is 1. The Morgan fingerprint density at radius 3 is 1.38 bits per heavy atom. The van der Waals surface area contributed by atoms with Crippen molar-refractivity contribution < 1.29 is 34.5 Å². The van der Waals surface area contributed by atoms with Gasteiger partial charge in [0.2, 0.25) is 0 Å². The summed E-state index contributed by atoms with van der Waals surface area (Å²) in [7, 11) is 0. The van der Waals surface area contributed by atoms with Crippen LogP contribution in [0, 0.1) is 0 Å². The molecule has 0 fully saturated rings. The predicted molar refractivity (Wildman–Crippen MR) is 132 cm³/mol. The SMILES string of the molecule is C=C(C(=O)O)C(=O)N(CCCCCCCCCCCCCCCCCC)C(CC(=O)O)C(=O)O. The van der Waals surface area contributed by atoms with E-state index in [4.69, 9.17) is 10.2 Å². The largest absolute Gasteiger partial charge is 0.481 e. The Morgan fingerprint density at radius 2 is 1.06 bits per heavy atom. The van der Waals surface area contributed by atoms with Crippen molar-refractivity contribution >= 4 is 23.8 Å². The molecule has 0 aliphatic carbocycles. The lowest BCUT2D eigenvalue weighted by molar-refractivity contribution is -0.154. The molecule has 0 rings (SSSR count). The normalized spacial score (nSPS) is 11.7. The van der Waals surface area contributed by atoms with Crippen LogP contribution >= 0.6 is 0 Å². The number of rotatable bonds is 23. The minimum absolute atomic E-state index is 0.0200. The van der Waals surface area contributed by atoms with Crippen LogP contribution in [0.1, 0.15) is 116 Å². The van der Waals surface area contributed by atoms with E-state index >= 15 is 0 Å². The summed E-state index contributed by atoms with van der Waals surface area (Å²) in [5.74, 6) is -5.47. The van der Waals surface area contributed by atoms with Gasteiger partial charge in [-0.2, -0.15) is 0 Å². The Kier molecular flexibility index (Phi) is 18.6. The van der Waals surface area contributed by atoms with Gasteiger partial charge in [0, 0.05) is 6.54 Å². The molecule has 1 atom stereocenters. The van der Waals surface area contributed by atoms with E-state index in [9.17, 15) is 24.3 Å². The van der Waals surface area contributed by atoms with E-state index < -0.39 is 41.9 Å². The Balaban J connectivity index is 4.12. The molecule has 0 aromatic heterocycles. The molecular formula is C26H45NO7. The van der Waals surface area contributed by atoms with Crippen LogP contribution in [0.2, 0.25) is 0 Å². The summed E-state index contributed by atoms with van der Waals surface area (Å²) < 4.78 is 0. The Bertz CT molecular complexity index is 633. The molecule has 0 aromatic rings. The molecule has 34 heavy (non-hydrogen) atoms. The lowest BCUT2D eigenvalue weighted by atomic mass is 10.0. The molecule has 0 aliphatic heterocycles. The second kappa shape index (κ2) is 20.0. The van der Waals surface area contributed by atoms with E-state index in [-0.39, 0.29) is 6.54 Å². The van der Waals surface area contributed by atoms with E-state index in [0.717, 1.165) is 30.6 Å². The van der Waals surface area contributed by atoms with Crippen molar-refractivity contribution in [2.75, 3.05) is 6.54 Å². The molecule has 0 heterocycles. The van der Waals surface area contributed by atoms with Crippen molar-refractivity contribution in [3.8, 4) is 0 Å². The van der Waals surface area contributed by atoms with Gasteiger partial charge in [-0.1, -0.05) is 110 Å². The third-order valence-electron chi connectivity index (χ3n) is 6.06. The van der Waals surface area contributed by atoms with Crippen molar-refractivity contribution in [1.29, 1.82) is 0 Å². The van der Waals surface area contributed by atoms with E-state index in [1.165, 1.54) is 70.6 Å². The summed E-state index contributed by atoms with van der Waals surface area (Å²) in [6.07, 6.45) is 18.0. The highest BCUT2D eigenvalue weighted by molar-refractivity contribution is 6.15. The zero-order valence-electron chi connectivity index (χ0n) is 20.9. The van der Waals surface area contributed by atoms with Crippen molar-refractivity contribution in [2.24, 2.45) is 0 Å². The molecule has 0 saturated heterocycles. The number of hydrogen-bond acceptors (Lipinski definition) is 4. The summed E-state index contributed by atoms with van der Waals surface area (Å²) in [6, 6.07) is -1.63. The summed E-state index contributed by atoms with van der Waals surface area (Å²) >= 11 is 0. The number of nitrogens with zero attached hydrogens (tertiary/aromatic N) is 1. The van der Waals surface area contributed by atoms with Gasteiger partial charge in [0.1, 0.15) is 11.6 Å². The molecule has 0 aliphatic rings. The van der Waals surface area contributed by atoms with Crippen molar-refractivity contribution in [3.05, 3.63) is 12.2 Å². The van der Waals surface area contributed by atoms with Crippen LogP contribution in [0.5, 0.6) is 0 Å². The molecular weight excluding hydrogens is 438 g/mol. The standard InChI is InChI=1S/C26H45NO7/c1-3-4-5-6-7-8-9-10-11-12-13-14-15-16-17-18-19-27(24(30)21(2)25(31)32)22(26(33)34)20-23(28)29/h22H,2-20H2,1H3,(H,28,29)(H,31,32)(H,33,34). The minimum Gasteiger partial charge on any atom is -0.481 e. The first kappa shape index (κ1) is 31.6. The first-order valence-electron chi connectivity index (χ1n) is 12.9. The van der Waals surface area contributed by atoms with E-state index in [1.54, 1.807) is 0 Å². The van der Waals surface area contributed by atoms with E-state index in [0.29, 0.717) is 6.42 Å². The molecule has 1 amide bonds. The average Bonchev–Trinajstić information content (AvgIpc) is 2.78.